The molecule has 1 aromatic heterocycles. The Morgan fingerprint density at radius 2 is 2.10 bits per heavy atom. The van der Waals surface area contributed by atoms with Gasteiger partial charge in [0.05, 0.1) is 16.8 Å². The van der Waals surface area contributed by atoms with E-state index in [1.54, 1.807) is 30.1 Å². The molecule has 0 radical (unpaired) electrons. The minimum absolute atomic E-state index is 0.0923. The third kappa shape index (κ3) is 3.30. The van der Waals surface area contributed by atoms with Crippen molar-refractivity contribution in [1.82, 2.24) is 9.78 Å². The molecule has 0 bridgehead atoms. The van der Waals surface area contributed by atoms with E-state index in [2.05, 4.69) is 26.3 Å². The summed E-state index contributed by atoms with van der Waals surface area (Å²) in [6.45, 7) is 1.92. The van der Waals surface area contributed by atoms with Gasteiger partial charge in [0.2, 0.25) is 0 Å². The Kier molecular flexibility index (Phi) is 4.42. The number of hydrogen-bond donors (Lipinski definition) is 2. The number of amides is 1. The maximum Gasteiger partial charge on any atom is 0.336 e. The standard InChI is InChI=1S/C14H14BrN3O3/c1-3-12-10(7-18(2)17-12)13(19)16-8-4-5-11(15)9(6-8)14(20)21/h4-7H,3H2,1-2H3,(H,16,19)(H,20,21). The fraction of sp³-hybridized carbons (Fsp3) is 0.214. The molecular formula is C14H14BrN3O3. The van der Waals surface area contributed by atoms with Crippen molar-refractivity contribution in [3.05, 3.63) is 45.7 Å². The summed E-state index contributed by atoms with van der Waals surface area (Å²) in [6, 6.07) is 4.63. The van der Waals surface area contributed by atoms with Crippen molar-refractivity contribution < 1.29 is 14.7 Å². The van der Waals surface area contributed by atoms with Gasteiger partial charge in [-0.15, -0.1) is 0 Å². The van der Waals surface area contributed by atoms with Crippen molar-refractivity contribution in [2.75, 3.05) is 5.32 Å². The molecule has 1 aromatic carbocycles. The van der Waals surface area contributed by atoms with Crippen LogP contribution in [0.25, 0.3) is 0 Å². The van der Waals surface area contributed by atoms with E-state index in [4.69, 9.17) is 5.11 Å². The number of benzene rings is 1. The van der Waals surface area contributed by atoms with Crippen molar-refractivity contribution in [1.29, 1.82) is 0 Å². The summed E-state index contributed by atoms with van der Waals surface area (Å²) >= 11 is 3.16. The Morgan fingerprint density at radius 1 is 1.38 bits per heavy atom. The molecule has 0 aliphatic carbocycles. The molecule has 0 saturated heterocycles. The number of carboxylic acid groups (broad SMARTS) is 1. The van der Waals surface area contributed by atoms with E-state index >= 15 is 0 Å². The first-order valence-electron chi connectivity index (χ1n) is 6.29. The molecule has 0 saturated carbocycles. The van der Waals surface area contributed by atoms with Gasteiger partial charge in [0, 0.05) is 23.4 Å². The molecule has 0 spiro atoms. The quantitative estimate of drug-likeness (QED) is 0.886. The maximum atomic E-state index is 12.2. The lowest BCUT2D eigenvalue weighted by molar-refractivity contribution is 0.0695. The topological polar surface area (TPSA) is 84.2 Å². The van der Waals surface area contributed by atoms with E-state index in [9.17, 15) is 9.59 Å². The van der Waals surface area contributed by atoms with Gasteiger partial charge in [-0.25, -0.2) is 4.79 Å². The number of aryl methyl sites for hydroxylation is 2. The molecule has 7 heteroatoms. The number of nitrogens with one attached hydrogen (secondary N) is 1. The van der Waals surface area contributed by atoms with Crippen molar-refractivity contribution in [3.63, 3.8) is 0 Å². The number of anilines is 1. The molecule has 1 heterocycles. The lowest BCUT2D eigenvalue weighted by Crippen LogP contribution is -2.13. The Bertz CT molecular complexity index is 709. The van der Waals surface area contributed by atoms with Gasteiger partial charge in [0.25, 0.3) is 5.91 Å². The summed E-state index contributed by atoms with van der Waals surface area (Å²) in [5.41, 5.74) is 1.70. The molecule has 2 rings (SSSR count). The monoisotopic (exact) mass is 351 g/mol. The summed E-state index contributed by atoms with van der Waals surface area (Å²) in [4.78, 5) is 23.3. The van der Waals surface area contributed by atoms with Crippen LogP contribution in [-0.4, -0.2) is 26.8 Å². The van der Waals surface area contributed by atoms with Crippen LogP contribution in [0.15, 0.2) is 28.9 Å². The van der Waals surface area contributed by atoms with E-state index in [0.717, 1.165) is 0 Å². The van der Waals surface area contributed by atoms with Gasteiger partial charge in [-0.05, 0) is 40.5 Å². The molecule has 0 aliphatic heterocycles. The van der Waals surface area contributed by atoms with Crippen LogP contribution in [0.1, 0.15) is 33.3 Å². The number of carbonyl (C=O) groups is 2. The number of aromatic carboxylic acids is 1. The smallest absolute Gasteiger partial charge is 0.336 e. The number of aromatic nitrogens is 2. The highest BCUT2D eigenvalue weighted by Gasteiger charge is 2.16. The zero-order chi connectivity index (χ0) is 15.6. The number of halogens is 1. The fourth-order valence-corrected chi connectivity index (χ4v) is 2.37. The summed E-state index contributed by atoms with van der Waals surface area (Å²) in [6.07, 6.45) is 2.29. The average Bonchev–Trinajstić information content (AvgIpc) is 2.82. The van der Waals surface area contributed by atoms with Crippen LogP contribution < -0.4 is 5.32 Å². The van der Waals surface area contributed by atoms with Gasteiger partial charge in [-0.3, -0.25) is 9.48 Å². The minimum atomic E-state index is -1.06. The van der Waals surface area contributed by atoms with Crippen LogP contribution in [0.2, 0.25) is 0 Å². The van der Waals surface area contributed by atoms with Crippen molar-refractivity contribution in [2.24, 2.45) is 7.05 Å². The second-order valence-electron chi connectivity index (χ2n) is 4.47. The van der Waals surface area contributed by atoms with E-state index in [1.807, 2.05) is 6.92 Å². The van der Waals surface area contributed by atoms with Crippen LogP contribution in [0.3, 0.4) is 0 Å². The molecule has 0 unspecified atom stereocenters. The first-order valence-corrected chi connectivity index (χ1v) is 7.08. The van der Waals surface area contributed by atoms with Crippen molar-refractivity contribution in [3.8, 4) is 0 Å². The minimum Gasteiger partial charge on any atom is -0.478 e. The highest BCUT2D eigenvalue weighted by molar-refractivity contribution is 9.10. The fourth-order valence-electron chi connectivity index (χ4n) is 1.95. The molecule has 21 heavy (non-hydrogen) atoms. The number of carboxylic acids is 1. The second kappa shape index (κ2) is 6.09. The zero-order valence-corrected chi connectivity index (χ0v) is 13.1. The van der Waals surface area contributed by atoms with Gasteiger partial charge < -0.3 is 10.4 Å². The van der Waals surface area contributed by atoms with E-state index in [1.165, 1.54) is 6.07 Å². The zero-order valence-electron chi connectivity index (χ0n) is 11.6. The first kappa shape index (κ1) is 15.2. The lowest BCUT2D eigenvalue weighted by Gasteiger charge is -2.07. The number of nitrogens with zero attached hydrogens (tertiary/aromatic N) is 2. The van der Waals surface area contributed by atoms with Crippen molar-refractivity contribution in [2.45, 2.75) is 13.3 Å². The van der Waals surface area contributed by atoms with Crippen LogP contribution in [0.5, 0.6) is 0 Å². The normalized spacial score (nSPS) is 10.4. The van der Waals surface area contributed by atoms with Gasteiger partial charge >= 0.3 is 5.97 Å². The third-order valence-electron chi connectivity index (χ3n) is 2.94. The summed E-state index contributed by atoms with van der Waals surface area (Å²) < 4.78 is 2.04. The Morgan fingerprint density at radius 3 is 2.71 bits per heavy atom. The Hall–Kier alpha value is -2.15. The second-order valence-corrected chi connectivity index (χ2v) is 5.32. The summed E-state index contributed by atoms with van der Waals surface area (Å²) in [5, 5.41) is 16.0. The summed E-state index contributed by atoms with van der Waals surface area (Å²) in [5.74, 6) is -1.37. The van der Waals surface area contributed by atoms with Gasteiger partial charge in [-0.2, -0.15) is 5.10 Å². The maximum absolute atomic E-state index is 12.2. The predicted molar refractivity (Wildman–Crippen MR) is 81.6 cm³/mol. The molecule has 2 N–H and O–H groups in total. The number of carbonyl (C=O) groups excluding carboxylic acids is 1. The molecule has 1 amide bonds. The Labute approximate surface area is 129 Å². The van der Waals surface area contributed by atoms with Crippen LogP contribution in [0.4, 0.5) is 5.69 Å². The van der Waals surface area contributed by atoms with E-state index in [-0.39, 0.29) is 11.5 Å². The summed E-state index contributed by atoms with van der Waals surface area (Å²) in [7, 11) is 1.75. The molecule has 0 fully saturated rings. The van der Waals surface area contributed by atoms with Crippen LogP contribution in [-0.2, 0) is 13.5 Å². The van der Waals surface area contributed by atoms with Gasteiger partial charge in [0.1, 0.15) is 0 Å². The molecule has 110 valence electrons. The number of hydrogen-bond acceptors (Lipinski definition) is 3. The molecule has 0 atom stereocenters. The molecule has 2 aromatic rings. The van der Waals surface area contributed by atoms with E-state index < -0.39 is 5.97 Å². The predicted octanol–water partition coefficient (Wildman–Crippen LogP) is 2.70. The van der Waals surface area contributed by atoms with Gasteiger partial charge in [-0.1, -0.05) is 6.92 Å². The van der Waals surface area contributed by atoms with Crippen LogP contribution >= 0.6 is 15.9 Å². The first-order chi connectivity index (χ1) is 9.92. The Balaban J connectivity index is 2.27. The molecular weight excluding hydrogens is 338 g/mol. The molecule has 0 aliphatic rings. The highest BCUT2D eigenvalue weighted by atomic mass is 79.9. The SMILES string of the molecule is CCc1nn(C)cc1C(=O)Nc1ccc(Br)c(C(=O)O)c1. The lowest BCUT2D eigenvalue weighted by atomic mass is 10.1. The van der Waals surface area contributed by atoms with Crippen LogP contribution in [0, 0.1) is 0 Å². The highest BCUT2D eigenvalue weighted by Crippen LogP contribution is 2.22. The molecule has 6 nitrogen and oxygen atoms in total. The number of rotatable bonds is 4. The van der Waals surface area contributed by atoms with E-state index in [0.29, 0.717) is 27.8 Å². The third-order valence-corrected chi connectivity index (χ3v) is 3.63. The average molecular weight is 352 g/mol. The van der Waals surface area contributed by atoms with Crippen molar-refractivity contribution >= 4 is 33.5 Å². The largest absolute Gasteiger partial charge is 0.478 e. The van der Waals surface area contributed by atoms with Gasteiger partial charge in [0.15, 0.2) is 0 Å².